The molecule has 0 aromatic heterocycles. The molecule has 1 aromatic rings. The van der Waals surface area contributed by atoms with Gasteiger partial charge in [-0.1, -0.05) is 29.8 Å². The molecular formula is C13H15BrF3NO2. The number of hydrogen-bond donors (Lipinski definition) is 1. The van der Waals surface area contributed by atoms with Crippen molar-refractivity contribution in [1.82, 2.24) is 5.32 Å². The van der Waals surface area contributed by atoms with Crippen molar-refractivity contribution in [3.8, 4) is 5.75 Å². The number of carbonyl (C=O) groups is 1. The van der Waals surface area contributed by atoms with E-state index in [-0.39, 0.29) is 22.6 Å². The SMILES string of the molecule is CC(C)(CBr)CNC(=O)c1ccc(OC(F)(F)F)cc1. The van der Waals surface area contributed by atoms with Crippen molar-refractivity contribution in [2.24, 2.45) is 5.41 Å². The summed E-state index contributed by atoms with van der Waals surface area (Å²) >= 11 is 3.34. The molecular weight excluding hydrogens is 339 g/mol. The summed E-state index contributed by atoms with van der Waals surface area (Å²) in [4.78, 5) is 11.8. The van der Waals surface area contributed by atoms with Gasteiger partial charge in [-0.15, -0.1) is 13.2 Å². The van der Waals surface area contributed by atoms with Crippen molar-refractivity contribution in [2.45, 2.75) is 20.2 Å². The van der Waals surface area contributed by atoms with Crippen LogP contribution in [0.25, 0.3) is 0 Å². The molecule has 3 nitrogen and oxygen atoms in total. The lowest BCUT2D eigenvalue weighted by Gasteiger charge is -2.21. The Bertz CT molecular complexity index is 458. The van der Waals surface area contributed by atoms with E-state index in [0.717, 1.165) is 17.5 Å². The van der Waals surface area contributed by atoms with E-state index in [0.29, 0.717) is 6.54 Å². The Kier molecular flexibility index (Phi) is 5.44. The quantitative estimate of drug-likeness (QED) is 0.819. The van der Waals surface area contributed by atoms with Crippen molar-refractivity contribution < 1.29 is 22.7 Å². The molecule has 0 fully saturated rings. The molecule has 0 aliphatic rings. The summed E-state index contributed by atoms with van der Waals surface area (Å²) in [5.74, 6) is -0.688. The number of alkyl halides is 4. The number of hydrogen-bond acceptors (Lipinski definition) is 2. The Balaban J connectivity index is 2.62. The van der Waals surface area contributed by atoms with E-state index in [1.165, 1.54) is 12.1 Å². The molecule has 0 atom stereocenters. The van der Waals surface area contributed by atoms with Crippen LogP contribution in [0.1, 0.15) is 24.2 Å². The standard InChI is InChI=1S/C13H15BrF3NO2/c1-12(2,7-14)8-18-11(19)9-3-5-10(6-4-9)20-13(15,16)17/h3-6H,7-8H2,1-2H3,(H,18,19). The second-order valence-electron chi connectivity index (χ2n) is 5.05. The first-order valence-electron chi connectivity index (χ1n) is 5.83. The molecule has 0 radical (unpaired) electrons. The van der Waals surface area contributed by atoms with Crippen molar-refractivity contribution in [1.29, 1.82) is 0 Å². The smallest absolute Gasteiger partial charge is 0.406 e. The van der Waals surface area contributed by atoms with Crippen LogP contribution in [0.2, 0.25) is 0 Å². The van der Waals surface area contributed by atoms with Gasteiger partial charge < -0.3 is 10.1 Å². The van der Waals surface area contributed by atoms with Crippen molar-refractivity contribution in [3.63, 3.8) is 0 Å². The molecule has 1 rings (SSSR count). The fourth-order valence-electron chi connectivity index (χ4n) is 1.28. The van der Waals surface area contributed by atoms with Gasteiger partial charge in [0.05, 0.1) is 0 Å². The van der Waals surface area contributed by atoms with E-state index < -0.39 is 6.36 Å². The van der Waals surface area contributed by atoms with Gasteiger partial charge in [0.15, 0.2) is 0 Å². The first kappa shape index (κ1) is 16.8. The molecule has 0 aliphatic carbocycles. The maximum atomic E-state index is 12.0. The number of nitrogens with one attached hydrogen (secondary N) is 1. The molecule has 0 spiro atoms. The van der Waals surface area contributed by atoms with E-state index in [2.05, 4.69) is 26.0 Å². The Morgan fingerprint density at radius 3 is 2.25 bits per heavy atom. The zero-order valence-electron chi connectivity index (χ0n) is 11.1. The van der Waals surface area contributed by atoms with Gasteiger partial charge in [0.2, 0.25) is 0 Å². The van der Waals surface area contributed by atoms with E-state index in [9.17, 15) is 18.0 Å². The second-order valence-corrected chi connectivity index (χ2v) is 5.61. The lowest BCUT2D eigenvalue weighted by Crippen LogP contribution is -2.34. The number of carbonyl (C=O) groups excluding carboxylic acids is 1. The van der Waals surface area contributed by atoms with Gasteiger partial charge in [0.25, 0.3) is 5.91 Å². The second kappa shape index (κ2) is 6.47. The van der Waals surface area contributed by atoms with Gasteiger partial charge in [-0.3, -0.25) is 4.79 Å². The summed E-state index contributed by atoms with van der Waals surface area (Å²) in [6.07, 6.45) is -4.73. The summed E-state index contributed by atoms with van der Waals surface area (Å²) in [5, 5.41) is 3.45. The van der Waals surface area contributed by atoms with Gasteiger partial charge in [0.1, 0.15) is 5.75 Å². The summed E-state index contributed by atoms with van der Waals surface area (Å²) in [6.45, 7) is 4.41. The average molecular weight is 354 g/mol. The number of ether oxygens (including phenoxy) is 1. The minimum absolute atomic E-state index is 0.102. The molecule has 0 unspecified atom stereocenters. The normalized spacial score (nSPS) is 12.1. The monoisotopic (exact) mass is 353 g/mol. The van der Waals surface area contributed by atoms with E-state index in [1.807, 2.05) is 13.8 Å². The predicted molar refractivity (Wildman–Crippen MR) is 73.0 cm³/mol. The molecule has 0 bridgehead atoms. The van der Waals surface area contributed by atoms with Gasteiger partial charge in [0, 0.05) is 17.4 Å². The molecule has 0 aliphatic heterocycles. The highest BCUT2D eigenvalue weighted by atomic mass is 79.9. The van der Waals surface area contributed by atoms with Crippen molar-refractivity contribution in [2.75, 3.05) is 11.9 Å². The van der Waals surface area contributed by atoms with Gasteiger partial charge >= 0.3 is 6.36 Å². The molecule has 7 heteroatoms. The average Bonchev–Trinajstić information content (AvgIpc) is 2.35. The van der Waals surface area contributed by atoms with Crippen molar-refractivity contribution >= 4 is 21.8 Å². The zero-order valence-corrected chi connectivity index (χ0v) is 12.6. The van der Waals surface area contributed by atoms with Gasteiger partial charge in [-0.25, -0.2) is 0 Å². The number of amides is 1. The third-order valence-corrected chi connectivity index (χ3v) is 3.96. The number of benzene rings is 1. The summed E-state index contributed by atoms with van der Waals surface area (Å²) in [5.41, 5.74) is 0.180. The highest BCUT2D eigenvalue weighted by Crippen LogP contribution is 2.23. The van der Waals surface area contributed by atoms with Crippen LogP contribution in [0.4, 0.5) is 13.2 Å². The first-order valence-corrected chi connectivity index (χ1v) is 6.95. The highest BCUT2D eigenvalue weighted by molar-refractivity contribution is 9.09. The van der Waals surface area contributed by atoms with Crippen LogP contribution < -0.4 is 10.1 Å². The minimum atomic E-state index is -4.73. The first-order chi connectivity index (χ1) is 9.13. The van der Waals surface area contributed by atoms with Crippen LogP contribution in [0.5, 0.6) is 5.75 Å². The summed E-state index contributed by atoms with van der Waals surface area (Å²) in [6, 6.07) is 4.80. The number of rotatable bonds is 5. The van der Waals surface area contributed by atoms with E-state index in [1.54, 1.807) is 0 Å². The predicted octanol–water partition coefficient (Wildman–Crippen LogP) is 3.74. The summed E-state index contributed by atoms with van der Waals surface area (Å²) < 4.78 is 39.7. The largest absolute Gasteiger partial charge is 0.573 e. The van der Waals surface area contributed by atoms with Crippen LogP contribution in [0.15, 0.2) is 24.3 Å². The van der Waals surface area contributed by atoms with Crippen LogP contribution in [0, 0.1) is 5.41 Å². The molecule has 1 aromatic carbocycles. The molecule has 1 N–H and O–H groups in total. The molecule has 20 heavy (non-hydrogen) atoms. The lowest BCUT2D eigenvalue weighted by molar-refractivity contribution is -0.274. The Hall–Kier alpha value is -1.24. The van der Waals surface area contributed by atoms with Crippen LogP contribution >= 0.6 is 15.9 Å². The molecule has 0 heterocycles. The van der Waals surface area contributed by atoms with Gasteiger partial charge in [-0.2, -0.15) is 0 Å². The van der Waals surface area contributed by atoms with Gasteiger partial charge in [-0.05, 0) is 29.7 Å². The third kappa shape index (κ3) is 5.81. The topological polar surface area (TPSA) is 38.3 Å². The highest BCUT2D eigenvalue weighted by Gasteiger charge is 2.31. The Labute approximate surface area is 123 Å². The van der Waals surface area contributed by atoms with Crippen molar-refractivity contribution in [3.05, 3.63) is 29.8 Å². The minimum Gasteiger partial charge on any atom is -0.406 e. The molecule has 112 valence electrons. The lowest BCUT2D eigenvalue weighted by atomic mass is 9.97. The van der Waals surface area contributed by atoms with Crippen LogP contribution in [0.3, 0.4) is 0 Å². The molecule has 0 saturated carbocycles. The fourth-order valence-corrected chi connectivity index (χ4v) is 1.48. The van der Waals surface area contributed by atoms with Crippen LogP contribution in [-0.4, -0.2) is 24.1 Å². The molecule has 0 saturated heterocycles. The zero-order chi connectivity index (χ0) is 15.4. The number of halogens is 4. The maximum absolute atomic E-state index is 12.0. The maximum Gasteiger partial charge on any atom is 0.573 e. The van der Waals surface area contributed by atoms with E-state index >= 15 is 0 Å². The van der Waals surface area contributed by atoms with E-state index in [4.69, 9.17) is 0 Å². The third-order valence-electron chi connectivity index (χ3n) is 2.44. The Morgan fingerprint density at radius 2 is 1.80 bits per heavy atom. The fraction of sp³-hybridized carbons (Fsp3) is 0.462. The Morgan fingerprint density at radius 1 is 1.25 bits per heavy atom. The van der Waals surface area contributed by atoms with Crippen LogP contribution in [-0.2, 0) is 0 Å². The molecule has 1 amide bonds. The summed E-state index contributed by atoms with van der Waals surface area (Å²) in [7, 11) is 0.